The number of carboxylic acids is 1. The lowest BCUT2D eigenvalue weighted by Crippen LogP contribution is -2.53. The number of fused-ring (bicyclic) bond motifs is 4. The summed E-state index contributed by atoms with van der Waals surface area (Å²) in [6.07, 6.45) is 4.49. The lowest BCUT2D eigenvalue weighted by molar-refractivity contribution is -0.308. The van der Waals surface area contributed by atoms with E-state index in [0.717, 1.165) is 60.0 Å². The zero-order valence-corrected chi connectivity index (χ0v) is 54.8. The molecule has 0 aliphatic heterocycles. The molecule has 9 rings (SSSR count). The van der Waals surface area contributed by atoms with Gasteiger partial charge in [0.1, 0.15) is 23.6 Å². The summed E-state index contributed by atoms with van der Waals surface area (Å²) in [7, 11) is -0.595. The number of benzene rings is 7. The maximum atomic E-state index is 14.0. The van der Waals surface area contributed by atoms with Gasteiger partial charge in [0.25, 0.3) is 21.9 Å². The highest BCUT2D eigenvalue weighted by molar-refractivity contribution is 7.86. The maximum absolute atomic E-state index is 14.0. The molecule has 0 heterocycles. The average molecular weight is 1340 g/mol. The van der Waals surface area contributed by atoms with Crippen LogP contribution >= 0.6 is 0 Å². The van der Waals surface area contributed by atoms with E-state index in [9.17, 15) is 56.4 Å². The predicted octanol–water partition coefficient (Wildman–Crippen LogP) is 8.12. The van der Waals surface area contributed by atoms with Crippen LogP contribution in [0, 0.1) is 5.92 Å². The van der Waals surface area contributed by atoms with Crippen molar-refractivity contribution in [2.75, 3.05) is 57.1 Å². The second kappa shape index (κ2) is 34.2. The monoisotopic (exact) mass is 1340 g/mol. The van der Waals surface area contributed by atoms with E-state index in [2.05, 4.69) is 52.8 Å². The van der Waals surface area contributed by atoms with E-state index in [1.54, 1.807) is 60.7 Å². The lowest BCUT2D eigenvalue weighted by Gasteiger charge is -2.27. The van der Waals surface area contributed by atoms with Crippen LogP contribution in [-0.4, -0.2) is 125 Å². The van der Waals surface area contributed by atoms with E-state index in [0.29, 0.717) is 58.2 Å². The second-order valence-electron chi connectivity index (χ2n) is 24.2. The van der Waals surface area contributed by atoms with Crippen molar-refractivity contribution >= 4 is 91.1 Å². The minimum atomic E-state index is -4.49. The number of unbranched alkanes of at least 4 members (excludes halogenated alkanes) is 1. The van der Waals surface area contributed by atoms with Crippen molar-refractivity contribution < 1.29 is 61.2 Å². The Hall–Kier alpha value is -10.5. The van der Waals surface area contributed by atoms with Crippen molar-refractivity contribution in [2.45, 2.75) is 106 Å². The Balaban J connectivity index is 0.743. The lowest BCUT2D eigenvalue weighted by atomic mass is 9.84. The molecule has 7 amide bonds. The molecule has 0 aromatic heterocycles. The second-order valence-corrected chi connectivity index (χ2v) is 25.6. The fourth-order valence-corrected chi connectivity index (χ4v) is 12.7. The van der Waals surface area contributed by atoms with Gasteiger partial charge in [0, 0.05) is 85.9 Å². The summed E-state index contributed by atoms with van der Waals surface area (Å²) in [6, 6.07) is 42.0. The smallest absolute Gasteiger partial charge is 0.407 e. The van der Waals surface area contributed by atoms with Gasteiger partial charge in [0.05, 0.1) is 29.9 Å². The summed E-state index contributed by atoms with van der Waals surface area (Å²) in [6.45, 7) is -0.0489. The van der Waals surface area contributed by atoms with Crippen molar-refractivity contribution in [1.82, 2.24) is 37.2 Å². The molecule has 1 fully saturated rings. The SMILES string of the molecule is CN(C)c1ccc(N=Nc2ccc(C(=O)NCCCC[C@H](NC(=O)CNC(=O)[C@H](CC3CCCCC3)NC(=O)c3ccc(CNC(=O)[C@H](CCC(=O)NCCNc4cccc5c(S(=O)(=O)O)cccc45)NC(=O)OCC4c5ccccc5-c5ccccc54)cc3)C(=O)[O-])cc2)cc1. The maximum Gasteiger partial charge on any atom is 0.407 e. The van der Waals surface area contributed by atoms with Gasteiger partial charge < -0.3 is 62.1 Å². The number of anilines is 2. The number of carboxylic acid groups (broad SMARTS) is 1. The van der Waals surface area contributed by atoms with Crippen LogP contribution in [0.1, 0.15) is 114 Å². The van der Waals surface area contributed by atoms with Crippen LogP contribution in [-0.2, 0) is 45.4 Å². The molecule has 508 valence electrons. The third-order valence-corrected chi connectivity index (χ3v) is 18.1. The molecule has 3 atom stereocenters. The quantitative estimate of drug-likeness (QED) is 0.0109. The summed E-state index contributed by atoms with van der Waals surface area (Å²) < 4.78 is 39.6. The Kier molecular flexibility index (Phi) is 25.0. The molecular formula is C72H80N11O13S-. The van der Waals surface area contributed by atoms with Gasteiger partial charge in [-0.25, -0.2) is 4.79 Å². The number of alkyl carbamates (subject to hydrolysis) is 1. The Morgan fingerprint density at radius 2 is 1.21 bits per heavy atom. The van der Waals surface area contributed by atoms with E-state index in [1.165, 1.54) is 24.3 Å². The molecule has 0 radical (unpaired) electrons. The Bertz CT molecular complexity index is 4040. The van der Waals surface area contributed by atoms with Gasteiger partial charge in [-0.2, -0.15) is 18.6 Å². The molecule has 0 spiro atoms. The summed E-state index contributed by atoms with van der Waals surface area (Å²) >= 11 is 0. The number of hydrogen-bond donors (Lipinski definition) is 9. The van der Waals surface area contributed by atoms with Crippen LogP contribution in [0.4, 0.5) is 27.5 Å². The topological polar surface area (TPSA) is 347 Å². The highest BCUT2D eigenvalue weighted by Crippen LogP contribution is 2.44. The van der Waals surface area contributed by atoms with Crippen LogP contribution < -0.4 is 52.5 Å². The number of azo groups is 1. The van der Waals surface area contributed by atoms with Crippen molar-refractivity contribution in [3.05, 3.63) is 186 Å². The number of hydrogen-bond acceptors (Lipinski definition) is 16. The number of rotatable bonds is 32. The number of nitrogens with zero attached hydrogens (tertiary/aromatic N) is 3. The van der Waals surface area contributed by atoms with E-state index in [4.69, 9.17) is 4.74 Å². The summed E-state index contributed by atoms with van der Waals surface area (Å²) in [5, 5.41) is 43.5. The molecule has 0 bridgehead atoms. The molecule has 97 heavy (non-hydrogen) atoms. The molecule has 1 saturated carbocycles. The Labute approximate surface area is 562 Å². The van der Waals surface area contributed by atoms with Crippen LogP contribution in [0.25, 0.3) is 21.9 Å². The van der Waals surface area contributed by atoms with Gasteiger partial charge in [0.15, 0.2) is 0 Å². The fraction of sp³-hybridized carbons (Fsp3) is 0.333. The molecule has 2 aliphatic carbocycles. The van der Waals surface area contributed by atoms with Gasteiger partial charge in [-0.1, -0.05) is 117 Å². The molecule has 0 unspecified atom stereocenters. The highest BCUT2D eigenvalue weighted by atomic mass is 32.2. The van der Waals surface area contributed by atoms with E-state index in [-0.39, 0.29) is 80.3 Å². The number of carbonyl (C=O) groups excluding carboxylic acids is 8. The first-order valence-corrected chi connectivity index (χ1v) is 33.9. The first kappa shape index (κ1) is 70.8. The standard InChI is InChI=1S/C72H81N11O13S/c1-83(2)52-35-33-51(34-36-52)82-81-50-31-29-48(30-32-50)67(86)75-39-11-10-22-62(71(90)91)78-66(85)44-77-70(89)63(42-46-14-4-3-5-15-46)79-68(87)49-27-25-47(26-28-49)43-76-69(88)61(80-72(92)96-45-59-55-18-8-6-16-53(55)54-17-7-9-19-56(54)59)37-38-65(84)74-41-40-73-60-23-12-21-58-57(60)20-13-24-64(58)97(93,94)95/h6-9,12-13,16-21,23-36,46,59,61-63,73H,3-5,10-11,14-15,22,37-45H2,1-2H3,(H,74,84)(H,75,86)(H,76,88)(H,77,89)(H,78,85)(H,79,87)(H,80,92)(H,90,91)(H,93,94,95)/p-1/t61-,62-,63-/m0/s1. The predicted molar refractivity (Wildman–Crippen MR) is 365 cm³/mol. The van der Waals surface area contributed by atoms with Crippen LogP contribution in [0.5, 0.6) is 0 Å². The zero-order chi connectivity index (χ0) is 68.8. The third kappa shape index (κ3) is 20.3. The van der Waals surface area contributed by atoms with E-state index >= 15 is 0 Å². The van der Waals surface area contributed by atoms with Gasteiger partial charge in [-0.05, 0) is 139 Å². The number of aliphatic carboxylic acids is 1. The van der Waals surface area contributed by atoms with Crippen molar-refractivity contribution in [1.29, 1.82) is 0 Å². The van der Waals surface area contributed by atoms with Gasteiger partial charge in [-0.15, -0.1) is 0 Å². The molecule has 25 heteroatoms. The van der Waals surface area contributed by atoms with E-state index in [1.807, 2.05) is 91.8 Å². The summed E-state index contributed by atoms with van der Waals surface area (Å²) in [5.41, 5.74) is 8.06. The number of carbonyl (C=O) groups is 8. The largest absolute Gasteiger partial charge is 0.548 e. The molecule has 9 N–H and O–H groups in total. The first-order chi connectivity index (χ1) is 46.8. The molecule has 7 aromatic rings. The third-order valence-electron chi connectivity index (χ3n) is 17.2. The van der Waals surface area contributed by atoms with Gasteiger partial charge >= 0.3 is 6.09 Å². The van der Waals surface area contributed by atoms with Crippen molar-refractivity contribution in [3.8, 4) is 11.1 Å². The minimum Gasteiger partial charge on any atom is -0.548 e. The Morgan fingerprint density at radius 1 is 0.588 bits per heavy atom. The molecule has 7 aromatic carbocycles. The van der Waals surface area contributed by atoms with E-state index < -0.39 is 76.4 Å². The normalized spacial score (nSPS) is 13.8. The number of amides is 7. The molecule has 2 aliphatic rings. The molecule has 24 nitrogen and oxygen atoms in total. The Morgan fingerprint density at radius 3 is 1.87 bits per heavy atom. The van der Waals surface area contributed by atoms with Crippen LogP contribution in [0.2, 0.25) is 0 Å². The molecular weight excluding hydrogens is 1260 g/mol. The number of ether oxygens (including phenoxy) is 1. The van der Waals surface area contributed by atoms with Crippen molar-refractivity contribution in [2.24, 2.45) is 16.1 Å². The van der Waals surface area contributed by atoms with Crippen LogP contribution in [0.15, 0.2) is 173 Å². The highest BCUT2D eigenvalue weighted by Gasteiger charge is 2.31. The van der Waals surface area contributed by atoms with Crippen molar-refractivity contribution in [3.63, 3.8) is 0 Å². The van der Waals surface area contributed by atoms with Gasteiger partial charge in [-0.3, -0.25) is 33.3 Å². The average Bonchev–Trinajstić information content (AvgIpc) is 1.74. The summed E-state index contributed by atoms with van der Waals surface area (Å²) in [5.74, 6) is -5.02. The molecule has 0 saturated heterocycles. The minimum absolute atomic E-state index is 0.00535. The fourth-order valence-electron chi connectivity index (χ4n) is 12.0. The van der Waals surface area contributed by atoms with Crippen LogP contribution in [0.3, 0.4) is 0 Å². The first-order valence-electron chi connectivity index (χ1n) is 32.4. The van der Waals surface area contributed by atoms with Gasteiger partial charge in [0.2, 0.25) is 23.6 Å². The zero-order valence-electron chi connectivity index (χ0n) is 54.0. The number of nitrogens with one attached hydrogen (secondary N) is 8. The summed E-state index contributed by atoms with van der Waals surface area (Å²) in [4.78, 5) is 108.